The highest BCUT2D eigenvalue weighted by Gasteiger charge is 2.36. The van der Waals surface area contributed by atoms with E-state index in [1.165, 1.54) is 29.5 Å². The van der Waals surface area contributed by atoms with Crippen molar-refractivity contribution in [1.29, 1.82) is 5.26 Å². The molecule has 0 aliphatic rings. The van der Waals surface area contributed by atoms with E-state index in [4.69, 9.17) is 0 Å². The molecule has 148 valence electrons. The number of hydrogen-bond donors (Lipinski definition) is 0. The lowest BCUT2D eigenvalue weighted by molar-refractivity contribution is -0.384. The fourth-order valence-corrected chi connectivity index (χ4v) is 4.34. The number of nitriles is 1. The van der Waals surface area contributed by atoms with E-state index in [1.54, 1.807) is 36.6 Å². The predicted octanol–water partition coefficient (Wildman–Crippen LogP) is 6.46. The van der Waals surface area contributed by atoms with E-state index < -0.39 is 27.5 Å². The standard InChI is InChI=1S/C19H12F3N3O2S2/c1-11(12-4-2-5-13(8-12)25(26)27)29-18-14(10-23)15(19(20,21)22)9-16(24-18)17-6-3-7-28-17/h2-9,11H,1H3. The monoisotopic (exact) mass is 435 g/mol. The molecule has 1 unspecified atom stereocenters. The SMILES string of the molecule is CC(Sc1nc(-c2cccs2)cc(C(F)(F)F)c1C#N)c1cccc([N+](=O)[O-])c1. The predicted molar refractivity (Wildman–Crippen MR) is 105 cm³/mol. The Labute approximate surface area is 172 Å². The van der Waals surface area contributed by atoms with Crippen LogP contribution >= 0.6 is 23.1 Å². The minimum Gasteiger partial charge on any atom is -0.258 e. The fraction of sp³-hybridized carbons (Fsp3) is 0.158. The molecule has 5 nitrogen and oxygen atoms in total. The molecule has 10 heteroatoms. The number of nitro groups is 1. The van der Waals surface area contributed by atoms with E-state index in [9.17, 15) is 28.5 Å². The average molecular weight is 435 g/mol. The van der Waals surface area contributed by atoms with Crippen molar-refractivity contribution >= 4 is 28.8 Å². The summed E-state index contributed by atoms with van der Waals surface area (Å²) in [7, 11) is 0. The number of thiophene rings is 1. The Kier molecular flexibility index (Phi) is 5.91. The van der Waals surface area contributed by atoms with Crippen LogP contribution in [0.1, 0.15) is 28.9 Å². The number of non-ortho nitro benzene ring substituents is 1. The molecule has 0 fully saturated rings. The van der Waals surface area contributed by atoms with Gasteiger partial charge in [-0.05, 0) is 30.0 Å². The van der Waals surface area contributed by atoms with Crippen LogP contribution in [0.2, 0.25) is 0 Å². The highest BCUT2D eigenvalue weighted by molar-refractivity contribution is 7.99. The second-order valence-corrected chi connectivity index (χ2v) is 8.21. The number of nitrogens with zero attached hydrogens (tertiary/aromatic N) is 3. The minimum atomic E-state index is -4.72. The Hall–Kier alpha value is -2.90. The van der Waals surface area contributed by atoms with Gasteiger partial charge in [0.15, 0.2) is 0 Å². The second-order valence-electron chi connectivity index (χ2n) is 5.93. The molecule has 0 aliphatic carbocycles. The summed E-state index contributed by atoms with van der Waals surface area (Å²) in [6, 6.07) is 11.7. The largest absolute Gasteiger partial charge is 0.417 e. The molecule has 0 saturated heterocycles. The van der Waals surface area contributed by atoms with Gasteiger partial charge in [-0.15, -0.1) is 11.3 Å². The van der Waals surface area contributed by atoms with Crippen LogP contribution in [-0.2, 0) is 6.18 Å². The molecule has 3 aromatic rings. The van der Waals surface area contributed by atoms with E-state index >= 15 is 0 Å². The number of nitro benzene ring substituents is 1. The first kappa shape index (κ1) is 20.8. The summed E-state index contributed by atoms with van der Waals surface area (Å²) in [6.07, 6.45) is -4.72. The normalized spacial score (nSPS) is 12.4. The molecule has 2 heterocycles. The summed E-state index contributed by atoms with van der Waals surface area (Å²) in [6.45, 7) is 1.69. The van der Waals surface area contributed by atoms with Gasteiger partial charge in [-0.1, -0.05) is 30.0 Å². The van der Waals surface area contributed by atoms with E-state index in [0.717, 1.165) is 17.8 Å². The molecule has 2 aromatic heterocycles. The van der Waals surface area contributed by atoms with Crippen molar-refractivity contribution in [3.8, 4) is 16.6 Å². The maximum absolute atomic E-state index is 13.6. The zero-order valence-corrected chi connectivity index (χ0v) is 16.4. The zero-order chi connectivity index (χ0) is 21.2. The number of hydrogen-bond acceptors (Lipinski definition) is 6. The Morgan fingerprint density at radius 2 is 2.03 bits per heavy atom. The van der Waals surface area contributed by atoms with Gasteiger partial charge >= 0.3 is 6.18 Å². The molecular formula is C19H12F3N3O2S2. The summed E-state index contributed by atoms with van der Waals surface area (Å²) in [5, 5.41) is 21.6. The van der Waals surface area contributed by atoms with Gasteiger partial charge in [0.25, 0.3) is 5.69 Å². The third-order valence-corrected chi connectivity index (χ3v) is 6.05. The summed E-state index contributed by atoms with van der Waals surface area (Å²) in [5.41, 5.74) is -1.05. The first-order valence-electron chi connectivity index (χ1n) is 8.18. The quantitative estimate of drug-likeness (QED) is 0.261. The van der Waals surface area contributed by atoms with Gasteiger partial charge in [-0.25, -0.2) is 4.98 Å². The van der Waals surface area contributed by atoms with Crippen LogP contribution in [0.25, 0.3) is 10.6 Å². The van der Waals surface area contributed by atoms with Crippen molar-refractivity contribution in [1.82, 2.24) is 4.98 Å². The maximum atomic E-state index is 13.6. The van der Waals surface area contributed by atoms with Crippen LogP contribution in [0.5, 0.6) is 0 Å². The van der Waals surface area contributed by atoms with Crippen molar-refractivity contribution in [2.24, 2.45) is 0 Å². The Morgan fingerprint density at radius 3 is 2.62 bits per heavy atom. The number of aromatic nitrogens is 1. The number of halogens is 3. The molecule has 0 radical (unpaired) electrons. The molecule has 0 amide bonds. The van der Waals surface area contributed by atoms with E-state index in [0.29, 0.717) is 10.4 Å². The Morgan fingerprint density at radius 1 is 1.28 bits per heavy atom. The lowest BCUT2D eigenvalue weighted by atomic mass is 10.1. The van der Waals surface area contributed by atoms with Crippen LogP contribution < -0.4 is 0 Å². The lowest BCUT2D eigenvalue weighted by Crippen LogP contribution is -2.10. The second kappa shape index (κ2) is 8.23. The number of thioether (sulfide) groups is 1. The van der Waals surface area contributed by atoms with Gasteiger partial charge in [0, 0.05) is 17.4 Å². The number of rotatable bonds is 5. The van der Waals surface area contributed by atoms with Crippen LogP contribution in [0, 0.1) is 21.4 Å². The molecule has 0 N–H and O–H groups in total. The molecule has 1 aromatic carbocycles. The van der Waals surface area contributed by atoms with E-state index in [1.807, 2.05) is 0 Å². The van der Waals surface area contributed by atoms with Crippen molar-refractivity contribution in [3.63, 3.8) is 0 Å². The van der Waals surface area contributed by atoms with E-state index in [-0.39, 0.29) is 16.4 Å². The van der Waals surface area contributed by atoms with Gasteiger partial charge in [-0.3, -0.25) is 10.1 Å². The summed E-state index contributed by atoms with van der Waals surface area (Å²) >= 11 is 2.20. The number of pyridine rings is 1. The summed E-state index contributed by atoms with van der Waals surface area (Å²) < 4.78 is 40.7. The molecule has 1 atom stereocenters. The van der Waals surface area contributed by atoms with Crippen molar-refractivity contribution < 1.29 is 18.1 Å². The van der Waals surface area contributed by atoms with Crippen LogP contribution in [0.4, 0.5) is 18.9 Å². The summed E-state index contributed by atoms with van der Waals surface area (Å²) in [5.74, 6) is 0. The summed E-state index contributed by atoms with van der Waals surface area (Å²) in [4.78, 5) is 15.3. The Bertz CT molecular complexity index is 1090. The number of benzene rings is 1. The van der Waals surface area contributed by atoms with Crippen LogP contribution in [-0.4, -0.2) is 9.91 Å². The lowest BCUT2D eigenvalue weighted by Gasteiger charge is -2.16. The van der Waals surface area contributed by atoms with Gasteiger partial charge in [-0.2, -0.15) is 18.4 Å². The zero-order valence-electron chi connectivity index (χ0n) is 14.8. The smallest absolute Gasteiger partial charge is 0.258 e. The van der Waals surface area contributed by atoms with Crippen molar-refractivity contribution in [2.45, 2.75) is 23.4 Å². The molecule has 29 heavy (non-hydrogen) atoms. The molecule has 3 rings (SSSR count). The number of alkyl halides is 3. The molecular weight excluding hydrogens is 423 g/mol. The van der Waals surface area contributed by atoms with Crippen molar-refractivity contribution in [3.05, 3.63) is 74.6 Å². The molecule has 0 bridgehead atoms. The van der Waals surface area contributed by atoms with Crippen LogP contribution in [0.3, 0.4) is 0 Å². The topological polar surface area (TPSA) is 79.8 Å². The highest BCUT2D eigenvalue weighted by Crippen LogP contribution is 2.42. The van der Waals surface area contributed by atoms with Crippen LogP contribution in [0.15, 0.2) is 52.9 Å². The molecule has 0 aliphatic heterocycles. The van der Waals surface area contributed by atoms with Gasteiger partial charge in [0.2, 0.25) is 0 Å². The van der Waals surface area contributed by atoms with Crippen molar-refractivity contribution in [2.75, 3.05) is 0 Å². The average Bonchev–Trinajstić information content (AvgIpc) is 3.21. The first-order valence-corrected chi connectivity index (χ1v) is 9.94. The maximum Gasteiger partial charge on any atom is 0.417 e. The third-order valence-electron chi connectivity index (χ3n) is 4.02. The minimum absolute atomic E-state index is 0.0651. The van der Waals surface area contributed by atoms with Gasteiger partial charge < -0.3 is 0 Å². The third kappa shape index (κ3) is 4.58. The van der Waals surface area contributed by atoms with E-state index in [2.05, 4.69) is 4.98 Å². The first-order chi connectivity index (χ1) is 13.7. The highest BCUT2D eigenvalue weighted by atomic mass is 32.2. The van der Waals surface area contributed by atoms with Gasteiger partial charge in [0.05, 0.1) is 26.6 Å². The van der Waals surface area contributed by atoms with Gasteiger partial charge in [0.1, 0.15) is 11.1 Å². The Balaban J connectivity index is 2.08. The molecule has 0 spiro atoms. The molecule has 0 saturated carbocycles. The fourth-order valence-electron chi connectivity index (χ4n) is 2.62.